The molecule has 0 aromatic heterocycles. The fraction of sp³-hybridized carbons (Fsp3) is 0.455. The summed E-state index contributed by atoms with van der Waals surface area (Å²) in [7, 11) is -4.07. The van der Waals surface area contributed by atoms with E-state index < -0.39 is 25.9 Å². The third-order valence-electron chi connectivity index (χ3n) is 1.67. The van der Waals surface area contributed by atoms with E-state index in [1.165, 1.54) is 13.8 Å². The van der Waals surface area contributed by atoms with Gasteiger partial charge >= 0.3 is 19.5 Å². The van der Waals surface area contributed by atoms with Gasteiger partial charge in [0.15, 0.2) is 6.35 Å². The molecule has 0 spiro atoms. The standard InChI is InChI=1S/C11H17O7P/c1-8(2)10(12)16-5-6-18-19(14,15)7-17-11(13)9(3)4/h1,3,5-7H2,2,4H3,(H,14,15). The number of esters is 2. The molecular weight excluding hydrogens is 275 g/mol. The summed E-state index contributed by atoms with van der Waals surface area (Å²) in [6, 6.07) is 0. The molecule has 0 saturated heterocycles. The quantitative estimate of drug-likeness (QED) is 0.312. The second-order valence-electron chi connectivity index (χ2n) is 3.73. The van der Waals surface area contributed by atoms with Gasteiger partial charge in [-0.15, -0.1) is 0 Å². The molecule has 0 aromatic rings. The highest BCUT2D eigenvalue weighted by atomic mass is 31.2. The zero-order valence-corrected chi connectivity index (χ0v) is 11.8. The molecular formula is C11H17O7P. The highest BCUT2D eigenvalue weighted by Gasteiger charge is 2.22. The minimum Gasteiger partial charge on any atom is -0.460 e. The highest BCUT2D eigenvalue weighted by molar-refractivity contribution is 7.52. The molecule has 0 bridgehead atoms. The van der Waals surface area contributed by atoms with E-state index >= 15 is 0 Å². The predicted octanol–water partition coefficient (Wildman–Crippen LogP) is 1.38. The summed E-state index contributed by atoms with van der Waals surface area (Å²) >= 11 is 0. The first-order valence-corrected chi connectivity index (χ1v) is 7.03. The Morgan fingerprint density at radius 2 is 1.53 bits per heavy atom. The van der Waals surface area contributed by atoms with Gasteiger partial charge in [0.05, 0.1) is 6.61 Å². The van der Waals surface area contributed by atoms with E-state index in [1.807, 2.05) is 0 Å². The Bertz CT molecular complexity index is 427. The third-order valence-corrected chi connectivity index (χ3v) is 2.71. The number of hydrogen-bond acceptors (Lipinski definition) is 6. The molecule has 1 N–H and O–H groups in total. The second kappa shape index (κ2) is 7.89. The summed E-state index contributed by atoms with van der Waals surface area (Å²) in [4.78, 5) is 31.3. The lowest BCUT2D eigenvalue weighted by Gasteiger charge is -2.12. The molecule has 8 heteroatoms. The first-order valence-electron chi connectivity index (χ1n) is 5.27. The number of carbonyl (C=O) groups excluding carboxylic acids is 2. The number of rotatable bonds is 8. The van der Waals surface area contributed by atoms with Gasteiger partial charge < -0.3 is 18.9 Å². The Balaban J connectivity index is 3.95. The molecule has 0 rings (SSSR count). The summed E-state index contributed by atoms with van der Waals surface area (Å²) < 4.78 is 25.1. The fourth-order valence-corrected chi connectivity index (χ4v) is 1.45. The van der Waals surface area contributed by atoms with E-state index in [2.05, 4.69) is 27.2 Å². The molecule has 0 heterocycles. The van der Waals surface area contributed by atoms with Crippen molar-refractivity contribution in [2.24, 2.45) is 0 Å². The monoisotopic (exact) mass is 292 g/mol. The van der Waals surface area contributed by atoms with Crippen LogP contribution < -0.4 is 0 Å². The molecule has 0 aliphatic rings. The normalized spacial score (nSPS) is 13.2. The van der Waals surface area contributed by atoms with Crippen LogP contribution in [0.1, 0.15) is 13.8 Å². The minimum absolute atomic E-state index is 0.107. The maximum Gasteiger partial charge on any atom is 0.365 e. The Kier molecular flexibility index (Phi) is 7.29. The molecule has 0 fully saturated rings. The van der Waals surface area contributed by atoms with Crippen molar-refractivity contribution >= 4 is 19.5 Å². The van der Waals surface area contributed by atoms with Crippen LogP contribution in [-0.4, -0.2) is 36.4 Å². The van der Waals surface area contributed by atoms with Crippen LogP contribution in [0.25, 0.3) is 0 Å². The van der Waals surface area contributed by atoms with Crippen LogP contribution in [0.5, 0.6) is 0 Å². The predicted molar refractivity (Wildman–Crippen MR) is 67.3 cm³/mol. The maximum absolute atomic E-state index is 11.4. The van der Waals surface area contributed by atoms with Gasteiger partial charge in [0.1, 0.15) is 6.61 Å². The van der Waals surface area contributed by atoms with E-state index in [-0.39, 0.29) is 24.4 Å². The van der Waals surface area contributed by atoms with E-state index in [1.54, 1.807) is 0 Å². The van der Waals surface area contributed by atoms with Gasteiger partial charge in [-0.1, -0.05) is 13.2 Å². The zero-order chi connectivity index (χ0) is 15.1. The second-order valence-corrected chi connectivity index (χ2v) is 5.52. The Morgan fingerprint density at radius 3 is 2.00 bits per heavy atom. The van der Waals surface area contributed by atoms with Gasteiger partial charge in [-0.3, -0.25) is 4.57 Å². The summed E-state index contributed by atoms with van der Waals surface area (Å²) in [6.45, 7) is 9.05. The van der Waals surface area contributed by atoms with Crippen LogP contribution in [0.2, 0.25) is 0 Å². The number of ether oxygens (including phenoxy) is 2. The molecule has 0 aliphatic heterocycles. The van der Waals surface area contributed by atoms with Gasteiger partial charge in [-0.2, -0.15) is 0 Å². The molecule has 0 amide bonds. The average molecular weight is 292 g/mol. The highest BCUT2D eigenvalue weighted by Crippen LogP contribution is 2.41. The van der Waals surface area contributed by atoms with Crippen molar-refractivity contribution in [1.82, 2.24) is 0 Å². The molecule has 0 saturated carbocycles. The number of carbonyl (C=O) groups is 2. The van der Waals surface area contributed by atoms with Crippen molar-refractivity contribution in [1.29, 1.82) is 0 Å². The SMILES string of the molecule is C=C(C)C(=O)OCCOP(=O)(O)COC(=O)C(=C)C. The summed E-state index contributed by atoms with van der Waals surface area (Å²) in [6.07, 6.45) is -0.785. The summed E-state index contributed by atoms with van der Waals surface area (Å²) in [5.74, 6) is -1.41. The average Bonchev–Trinajstić information content (AvgIpc) is 2.31. The lowest BCUT2D eigenvalue weighted by molar-refractivity contribution is -0.139. The van der Waals surface area contributed by atoms with Crippen molar-refractivity contribution in [3.05, 3.63) is 24.3 Å². The molecule has 0 aromatic carbocycles. The van der Waals surface area contributed by atoms with Crippen molar-refractivity contribution in [2.45, 2.75) is 13.8 Å². The van der Waals surface area contributed by atoms with Crippen molar-refractivity contribution in [2.75, 3.05) is 19.6 Å². The van der Waals surface area contributed by atoms with E-state index in [0.717, 1.165) is 0 Å². The lowest BCUT2D eigenvalue weighted by Crippen LogP contribution is -2.12. The van der Waals surface area contributed by atoms with Gasteiger partial charge in [0.25, 0.3) is 0 Å². The topological polar surface area (TPSA) is 99.1 Å². The zero-order valence-electron chi connectivity index (χ0n) is 10.9. The molecule has 1 unspecified atom stereocenters. The van der Waals surface area contributed by atoms with E-state index in [0.29, 0.717) is 0 Å². The fourth-order valence-electron chi connectivity index (χ4n) is 0.738. The van der Waals surface area contributed by atoms with Crippen molar-refractivity contribution in [3.63, 3.8) is 0 Å². The molecule has 7 nitrogen and oxygen atoms in total. The van der Waals surface area contributed by atoms with E-state index in [9.17, 15) is 19.0 Å². The Labute approximate surface area is 111 Å². The van der Waals surface area contributed by atoms with Gasteiger partial charge in [0.2, 0.25) is 0 Å². The van der Waals surface area contributed by atoms with Crippen LogP contribution in [0, 0.1) is 0 Å². The minimum atomic E-state index is -4.07. The molecule has 108 valence electrons. The maximum atomic E-state index is 11.4. The van der Waals surface area contributed by atoms with Gasteiger partial charge in [-0.05, 0) is 13.8 Å². The Morgan fingerprint density at radius 1 is 1.05 bits per heavy atom. The van der Waals surface area contributed by atoms with Crippen molar-refractivity contribution in [3.8, 4) is 0 Å². The van der Waals surface area contributed by atoms with Crippen LogP contribution in [0.3, 0.4) is 0 Å². The van der Waals surface area contributed by atoms with Crippen LogP contribution in [-0.2, 0) is 28.2 Å². The smallest absolute Gasteiger partial charge is 0.365 e. The lowest BCUT2D eigenvalue weighted by atomic mass is 10.4. The summed E-state index contributed by atoms with van der Waals surface area (Å²) in [5.41, 5.74) is 0.318. The molecule has 0 radical (unpaired) electrons. The van der Waals surface area contributed by atoms with Crippen LogP contribution in [0.4, 0.5) is 0 Å². The Hall–Kier alpha value is -1.43. The first kappa shape index (κ1) is 17.6. The first-order chi connectivity index (χ1) is 8.65. The molecule has 1 atom stereocenters. The van der Waals surface area contributed by atoms with Gasteiger partial charge in [-0.25, -0.2) is 9.59 Å². The van der Waals surface area contributed by atoms with Crippen LogP contribution >= 0.6 is 7.60 Å². The third kappa shape index (κ3) is 8.31. The summed E-state index contributed by atoms with van der Waals surface area (Å²) in [5, 5.41) is 0. The van der Waals surface area contributed by atoms with Crippen molar-refractivity contribution < 1.29 is 33.0 Å². The number of hydrogen-bond donors (Lipinski definition) is 1. The van der Waals surface area contributed by atoms with Gasteiger partial charge in [0, 0.05) is 11.1 Å². The molecule has 19 heavy (non-hydrogen) atoms. The largest absolute Gasteiger partial charge is 0.460 e. The molecule has 0 aliphatic carbocycles. The van der Waals surface area contributed by atoms with Crippen LogP contribution in [0.15, 0.2) is 24.3 Å². The van der Waals surface area contributed by atoms with E-state index in [4.69, 9.17) is 0 Å².